The zero-order valence-electron chi connectivity index (χ0n) is 13.5. The lowest BCUT2D eigenvalue weighted by Crippen LogP contribution is -2.20. The number of hydrogen-bond acceptors (Lipinski definition) is 5. The smallest absolute Gasteiger partial charge is 0.418 e. The van der Waals surface area contributed by atoms with Gasteiger partial charge in [0, 0.05) is 23.5 Å². The molecule has 0 saturated heterocycles. The van der Waals surface area contributed by atoms with Crippen molar-refractivity contribution >= 4 is 5.97 Å². The van der Waals surface area contributed by atoms with Crippen LogP contribution >= 0.6 is 0 Å². The number of aliphatic hydroxyl groups excluding tert-OH is 1. The minimum atomic E-state index is -4.77. The lowest BCUT2D eigenvalue weighted by atomic mass is 10.1. The highest BCUT2D eigenvalue weighted by atomic mass is 19.4. The fraction of sp³-hybridized carbons (Fsp3) is 0.353. The molecule has 0 bridgehead atoms. The van der Waals surface area contributed by atoms with Crippen molar-refractivity contribution in [3.8, 4) is 11.4 Å². The highest BCUT2D eigenvalue weighted by Crippen LogP contribution is 2.32. The Bertz CT molecular complexity index is 701. The maximum absolute atomic E-state index is 12.4. The zero-order valence-corrected chi connectivity index (χ0v) is 13.5. The fourth-order valence-corrected chi connectivity index (χ4v) is 1.97. The average Bonchev–Trinajstić information content (AvgIpc) is 2.61. The number of nitrogens with zero attached hydrogens (tertiary/aromatic N) is 2. The molecule has 0 amide bonds. The molecule has 2 aromatic rings. The van der Waals surface area contributed by atoms with Crippen LogP contribution in [0.5, 0.6) is 0 Å². The number of unbranched alkanes of at least 4 members (excludes halogenated alkanes) is 1. The van der Waals surface area contributed by atoms with E-state index in [1.807, 2.05) is 6.92 Å². The Balaban J connectivity index is 2.08. The molecule has 1 atom stereocenters. The highest BCUT2D eigenvalue weighted by molar-refractivity contribution is 5.89. The monoisotopic (exact) mass is 354 g/mol. The standard InChI is InChI=1S/C17H17F3N2O3/c1-2-3-8-25-16(24)12-6-4-11(5-7-12)15-21-9-13(10-22-15)14(23)17(18,19)20/h4-7,9-10,14,23H,2-3,8H2,1H3. The van der Waals surface area contributed by atoms with Gasteiger partial charge >= 0.3 is 12.1 Å². The van der Waals surface area contributed by atoms with E-state index in [0.29, 0.717) is 17.7 Å². The molecule has 0 aliphatic heterocycles. The molecule has 0 radical (unpaired) electrons. The van der Waals surface area contributed by atoms with Crippen molar-refractivity contribution in [2.75, 3.05) is 6.61 Å². The molecule has 0 aliphatic rings. The second kappa shape index (κ2) is 8.06. The summed E-state index contributed by atoms with van der Waals surface area (Å²) >= 11 is 0. The van der Waals surface area contributed by atoms with Crippen molar-refractivity contribution in [3.63, 3.8) is 0 Å². The molecule has 8 heteroatoms. The Labute approximate surface area is 142 Å². The van der Waals surface area contributed by atoms with E-state index >= 15 is 0 Å². The van der Waals surface area contributed by atoms with Gasteiger partial charge in [-0.1, -0.05) is 25.5 Å². The van der Waals surface area contributed by atoms with Crippen LogP contribution in [0.3, 0.4) is 0 Å². The van der Waals surface area contributed by atoms with Crippen LogP contribution in [0.15, 0.2) is 36.7 Å². The van der Waals surface area contributed by atoms with E-state index in [4.69, 9.17) is 9.84 Å². The van der Waals surface area contributed by atoms with Crippen LogP contribution in [0.25, 0.3) is 11.4 Å². The predicted octanol–water partition coefficient (Wildman–Crippen LogP) is 3.70. The van der Waals surface area contributed by atoms with E-state index in [9.17, 15) is 18.0 Å². The summed E-state index contributed by atoms with van der Waals surface area (Å²) in [6, 6.07) is 6.22. The lowest BCUT2D eigenvalue weighted by molar-refractivity contribution is -0.206. The van der Waals surface area contributed by atoms with E-state index in [1.54, 1.807) is 12.1 Å². The van der Waals surface area contributed by atoms with Gasteiger partial charge in [-0.3, -0.25) is 0 Å². The molecular formula is C17H17F3N2O3. The second-order valence-corrected chi connectivity index (χ2v) is 5.35. The van der Waals surface area contributed by atoms with E-state index in [2.05, 4.69) is 9.97 Å². The number of benzene rings is 1. The third kappa shape index (κ3) is 4.99. The molecule has 1 aromatic carbocycles. The van der Waals surface area contributed by atoms with Crippen LogP contribution in [0.2, 0.25) is 0 Å². The number of aliphatic hydroxyl groups is 1. The van der Waals surface area contributed by atoms with Gasteiger partial charge in [0.25, 0.3) is 0 Å². The highest BCUT2D eigenvalue weighted by Gasteiger charge is 2.39. The maximum Gasteiger partial charge on any atom is 0.418 e. The van der Waals surface area contributed by atoms with Crippen LogP contribution in [0.1, 0.15) is 41.8 Å². The molecule has 0 saturated carbocycles. The maximum atomic E-state index is 12.4. The van der Waals surface area contributed by atoms with Gasteiger partial charge in [0.2, 0.25) is 0 Å². The largest absolute Gasteiger partial charge is 0.462 e. The molecule has 134 valence electrons. The van der Waals surface area contributed by atoms with Gasteiger partial charge in [-0.2, -0.15) is 13.2 Å². The zero-order chi connectivity index (χ0) is 18.4. The van der Waals surface area contributed by atoms with Crippen LogP contribution < -0.4 is 0 Å². The first kappa shape index (κ1) is 18.9. The van der Waals surface area contributed by atoms with Gasteiger partial charge < -0.3 is 9.84 Å². The first-order valence-electron chi connectivity index (χ1n) is 7.67. The number of alkyl halides is 3. The van der Waals surface area contributed by atoms with E-state index in [0.717, 1.165) is 25.2 Å². The minimum Gasteiger partial charge on any atom is -0.462 e. The van der Waals surface area contributed by atoms with Gasteiger partial charge in [0.05, 0.1) is 12.2 Å². The number of ether oxygens (including phenoxy) is 1. The molecule has 0 aliphatic carbocycles. The van der Waals surface area contributed by atoms with E-state index in [-0.39, 0.29) is 5.82 Å². The Morgan fingerprint density at radius 1 is 1.20 bits per heavy atom. The van der Waals surface area contributed by atoms with Crippen molar-refractivity contribution in [2.24, 2.45) is 0 Å². The molecule has 1 unspecified atom stereocenters. The number of hydrogen-bond donors (Lipinski definition) is 1. The first-order chi connectivity index (χ1) is 11.8. The van der Waals surface area contributed by atoms with Gasteiger partial charge in [-0.05, 0) is 18.6 Å². The summed E-state index contributed by atoms with van der Waals surface area (Å²) in [4.78, 5) is 19.5. The summed E-state index contributed by atoms with van der Waals surface area (Å²) in [6.07, 6.45) is -3.84. The first-order valence-corrected chi connectivity index (χ1v) is 7.67. The number of halogens is 3. The molecule has 2 rings (SSSR count). The van der Waals surface area contributed by atoms with Crippen molar-refractivity contribution in [2.45, 2.75) is 32.0 Å². The molecule has 1 aromatic heterocycles. The fourth-order valence-electron chi connectivity index (χ4n) is 1.97. The summed E-state index contributed by atoms with van der Waals surface area (Å²) in [7, 11) is 0. The van der Waals surface area contributed by atoms with Crippen molar-refractivity contribution in [1.29, 1.82) is 0 Å². The average molecular weight is 354 g/mol. The number of rotatable bonds is 6. The summed E-state index contributed by atoms with van der Waals surface area (Å²) in [5.74, 6) is -0.256. The Morgan fingerprint density at radius 2 is 1.80 bits per heavy atom. The Hall–Kier alpha value is -2.48. The molecule has 0 spiro atoms. The van der Waals surface area contributed by atoms with Gasteiger partial charge in [0.15, 0.2) is 11.9 Å². The van der Waals surface area contributed by atoms with Crippen LogP contribution in [0.4, 0.5) is 13.2 Å². The van der Waals surface area contributed by atoms with Crippen LogP contribution in [-0.2, 0) is 4.74 Å². The summed E-state index contributed by atoms with van der Waals surface area (Å²) in [6.45, 7) is 2.34. The third-order valence-corrected chi connectivity index (χ3v) is 3.41. The quantitative estimate of drug-likeness (QED) is 0.633. The summed E-state index contributed by atoms with van der Waals surface area (Å²) < 4.78 is 42.4. The molecule has 1 heterocycles. The molecule has 25 heavy (non-hydrogen) atoms. The Morgan fingerprint density at radius 3 is 2.32 bits per heavy atom. The van der Waals surface area contributed by atoms with E-state index < -0.39 is 23.8 Å². The molecule has 1 N–H and O–H groups in total. The molecular weight excluding hydrogens is 337 g/mol. The lowest BCUT2D eigenvalue weighted by Gasteiger charge is -2.14. The van der Waals surface area contributed by atoms with Crippen molar-refractivity contribution < 1.29 is 27.8 Å². The third-order valence-electron chi connectivity index (χ3n) is 3.41. The summed E-state index contributed by atoms with van der Waals surface area (Å²) in [5.41, 5.74) is 0.453. The predicted molar refractivity (Wildman–Crippen MR) is 83.7 cm³/mol. The van der Waals surface area contributed by atoms with Gasteiger partial charge in [-0.25, -0.2) is 14.8 Å². The van der Waals surface area contributed by atoms with Crippen molar-refractivity contribution in [1.82, 2.24) is 9.97 Å². The second-order valence-electron chi connectivity index (χ2n) is 5.35. The Kier molecular flexibility index (Phi) is 6.08. The summed E-state index contributed by atoms with van der Waals surface area (Å²) in [5, 5.41) is 9.15. The number of esters is 1. The SMILES string of the molecule is CCCCOC(=O)c1ccc(-c2ncc(C(O)C(F)(F)F)cn2)cc1. The van der Waals surface area contributed by atoms with E-state index in [1.165, 1.54) is 12.1 Å². The number of aromatic nitrogens is 2. The molecule has 5 nitrogen and oxygen atoms in total. The van der Waals surface area contributed by atoms with Gasteiger partial charge in [0.1, 0.15) is 0 Å². The number of carbonyl (C=O) groups excluding carboxylic acids is 1. The van der Waals surface area contributed by atoms with Gasteiger partial charge in [-0.15, -0.1) is 0 Å². The number of carbonyl (C=O) groups is 1. The van der Waals surface area contributed by atoms with Crippen LogP contribution in [0, 0.1) is 0 Å². The topological polar surface area (TPSA) is 72.3 Å². The normalized spacial score (nSPS) is 12.7. The minimum absolute atomic E-state index is 0.184. The van der Waals surface area contributed by atoms with Crippen LogP contribution in [-0.4, -0.2) is 33.8 Å². The molecule has 0 fully saturated rings. The van der Waals surface area contributed by atoms with Crippen molar-refractivity contribution in [3.05, 3.63) is 47.8 Å².